The lowest BCUT2D eigenvalue weighted by Gasteiger charge is -2.34. The van der Waals surface area contributed by atoms with E-state index in [0.717, 1.165) is 29.5 Å². The molecule has 0 radical (unpaired) electrons. The monoisotopic (exact) mass is 286 g/mol. The van der Waals surface area contributed by atoms with Crippen LogP contribution in [0.4, 0.5) is 0 Å². The van der Waals surface area contributed by atoms with Gasteiger partial charge in [-0.2, -0.15) is 0 Å². The average Bonchev–Trinajstić information content (AvgIpc) is 3.01. The molecule has 1 aromatic rings. The minimum Gasteiger partial charge on any atom is -0.394 e. The van der Waals surface area contributed by atoms with E-state index in [-0.39, 0.29) is 12.1 Å². The Kier molecular flexibility index (Phi) is 5.48. The van der Waals surface area contributed by atoms with Crippen LogP contribution in [0.5, 0.6) is 0 Å². The Hall–Kier alpha value is -0.100. The molecule has 3 nitrogen and oxygen atoms in total. The van der Waals surface area contributed by atoms with Crippen molar-refractivity contribution >= 4 is 23.1 Å². The summed E-state index contributed by atoms with van der Waals surface area (Å²) in [4.78, 5) is 4.29. The van der Waals surface area contributed by atoms with Gasteiger partial charge in [0, 0.05) is 22.9 Å². The number of aromatic nitrogens is 1. The average molecular weight is 286 g/mol. The Morgan fingerprint density at radius 1 is 1.67 bits per heavy atom. The van der Waals surface area contributed by atoms with Crippen LogP contribution in [0.1, 0.15) is 32.6 Å². The first-order valence-corrected chi connectivity index (χ1v) is 8.55. The second-order valence-corrected chi connectivity index (χ2v) is 7.11. The van der Waals surface area contributed by atoms with Crippen molar-refractivity contribution in [3.63, 3.8) is 0 Å². The molecule has 2 atom stereocenters. The lowest BCUT2D eigenvalue weighted by atomic mass is 9.86. The van der Waals surface area contributed by atoms with Crippen LogP contribution < -0.4 is 5.32 Å². The van der Waals surface area contributed by atoms with Gasteiger partial charge in [0.2, 0.25) is 0 Å². The van der Waals surface area contributed by atoms with E-state index in [1.165, 1.54) is 12.8 Å². The van der Waals surface area contributed by atoms with Gasteiger partial charge in [0.1, 0.15) is 4.34 Å². The van der Waals surface area contributed by atoms with Crippen LogP contribution in [0.25, 0.3) is 0 Å². The molecule has 18 heavy (non-hydrogen) atoms. The van der Waals surface area contributed by atoms with E-state index < -0.39 is 0 Å². The summed E-state index contributed by atoms with van der Waals surface area (Å²) in [5.41, 5.74) is -0.0157. The Bertz CT molecular complexity index is 345. The molecule has 1 aliphatic rings. The molecular formula is C13H22N2OS2. The summed E-state index contributed by atoms with van der Waals surface area (Å²) in [6, 6.07) is 0. The third kappa shape index (κ3) is 3.26. The quantitative estimate of drug-likeness (QED) is 0.757. The summed E-state index contributed by atoms with van der Waals surface area (Å²) in [6.45, 7) is 3.33. The predicted molar refractivity (Wildman–Crippen MR) is 78.3 cm³/mol. The van der Waals surface area contributed by atoms with Crippen molar-refractivity contribution in [2.75, 3.05) is 18.9 Å². The number of thioether (sulfide) groups is 1. The third-order valence-corrected chi connectivity index (χ3v) is 5.87. The summed E-state index contributed by atoms with van der Waals surface area (Å²) in [5, 5.41) is 15.3. The highest BCUT2D eigenvalue weighted by atomic mass is 32.2. The van der Waals surface area contributed by atoms with E-state index in [4.69, 9.17) is 0 Å². The first kappa shape index (κ1) is 14.3. The van der Waals surface area contributed by atoms with Gasteiger partial charge in [-0.3, -0.25) is 0 Å². The lowest BCUT2D eigenvalue weighted by molar-refractivity contribution is 0.124. The van der Waals surface area contributed by atoms with E-state index in [9.17, 15) is 5.11 Å². The standard InChI is InChI=1S/C13H22N2OS2/c1-2-15-13(10-16)6-3-4-11(13)5-8-17-12-14-7-9-18-12/h7,9,11,15-16H,2-6,8,10H2,1H3. The van der Waals surface area contributed by atoms with E-state index >= 15 is 0 Å². The van der Waals surface area contributed by atoms with E-state index in [1.54, 1.807) is 11.3 Å². The zero-order chi connectivity index (χ0) is 12.8. The number of rotatable bonds is 7. The largest absolute Gasteiger partial charge is 0.394 e. The summed E-state index contributed by atoms with van der Waals surface area (Å²) in [5.74, 6) is 1.71. The highest BCUT2D eigenvalue weighted by Crippen LogP contribution is 2.39. The summed E-state index contributed by atoms with van der Waals surface area (Å²) < 4.78 is 1.16. The fraction of sp³-hybridized carbons (Fsp3) is 0.769. The molecule has 1 fully saturated rings. The van der Waals surface area contributed by atoms with Crippen molar-refractivity contribution in [1.82, 2.24) is 10.3 Å². The molecule has 2 unspecified atom stereocenters. The van der Waals surface area contributed by atoms with Crippen molar-refractivity contribution < 1.29 is 5.11 Å². The van der Waals surface area contributed by atoms with Crippen LogP contribution in [0.2, 0.25) is 0 Å². The SMILES string of the molecule is CCNC1(CO)CCCC1CCSc1nccs1. The van der Waals surface area contributed by atoms with E-state index in [1.807, 2.05) is 23.3 Å². The molecule has 5 heteroatoms. The predicted octanol–water partition coefficient (Wildman–Crippen LogP) is 2.77. The minimum atomic E-state index is -0.0157. The maximum Gasteiger partial charge on any atom is 0.149 e. The van der Waals surface area contributed by atoms with Crippen molar-refractivity contribution in [3.05, 3.63) is 11.6 Å². The van der Waals surface area contributed by atoms with Crippen LogP contribution in [0.3, 0.4) is 0 Å². The highest BCUT2D eigenvalue weighted by Gasteiger charge is 2.41. The summed E-state index contributed by atoms with van der Waals surface area (Å²) in [6.07, 6.45) is 6.62. The summed E-state index contributed by atoms with van der Waals surface area (Å²) >= 11 is 3.55. The molecule has 2 rings (SSSR count). The van der Waals surface area contributed by atoms with Gasteiger partial charge in [-0.1, -0.05) is 25.1 Å². The van der Waals surface area contributed by atoms with Crippen LogP contribution in [0, 0.1) is 5.92 Å². The Morgan fingerprint density at radius 3 is 3.22 bits per heavy atom. The van der Waals surface area contributed by atoms with Gasteiger partial charge in [0.05, 0.1) is 6.61 Å². The number of likely N-dealkylation sites (N-methyl/N-ethyl adjacent to an activating group) is 1. The number of hydrogen-bond acceptors (Lipinski definition) is 5. The normalized spacial score (nSPS) is 27.8. The van der Waals surface area contributed by atoms with Crippen molar-refractivity contribution in [2.45, 2.75) is 42.5 Å². The molecule has 0 spiro atoms. The third-order valence-electron chi connectivity index (χ3n) is 3.87. The highest BCUT2D eigenvalue weighted by molar-refractivity contribution is 8.00. The molecule has 1 saturated carbocycles. The maximum absolute atomic E-state index is 9.72. The van der Waals surface area contributed by atoms with Gasteiger partial charge in [0.15, 0.2) is 0 Å². The smallest absolute Gasteiger partial charge is 0.149 e. The zero-order valence-corrected chi connectivity index (χ0v) is 12.5. The molecule has 1 heterocycles. The molecule has 2 N–H and O–H groups in total. The fourth-order valence-corrected chi connectivity index (χ4v) is 4.75. The van der Waals surface area contributed by atoms with Crippen LogP contribution >= 0.6 is 23.1 Å². The molecule has 102 valence electrons. The Morgan fingerprint density at radius 2 is 2.56 bits per heavy atom. The van der Waals surface area contributed by atoms with Gasteiger partial charge in [-0.15, -0.1) is 11.3 Å². The lowest BCUT2D eigenvalue weighted by Crippen LogP contribution is -2.51. The molecule has 1 aliphatic carbocycles. The molecule has 1 aromatic heterocycles. The number of nitrogens with zero attached hydrogens (tertiary/aromatic N) is 1. The van der Waals surface area contributed by atoms with E-state index in [0.29, 0.717) is 5.92 Å². The topological polar surface area (TPSA) is 45.1 Å². The number of nitrogens with one attached hydrogen (secondary N) is 1. The van der Waals surface area contributed by atoms with Crippen LogP contribution in [-0.2, 0) is 0 Å². The molecule has 0 bridgehead atoms. The second kappa shape index (κ2) is 6.89. The van der Waals surface area contributed by atoms with Gasteiger partial charge < -0.3 is 10.4 Å². The van der Waals surface area contributed by atoms with Gasteiger partial charge in [-0.05, 0) is 31.7 Å². The minimum absolute atomic E-state index is 0.0157. The first-order chi connectivity index (χ1) is 8.80. The Balaban J connectivity index is 1.83. The molecule has 0 aliphatic heterocycles. The van der Waals surface area contributed by atoms with Crippen LogP contribution in [0.15, 0.2) is 15.9 Å². The van der Waals surface area contributed by atoms with Crippen molar-refractivity contribution in [2.24, 2.45) is 5.92 Å². The second-order valence-electron chi connectivity index (χ2n) is 4.87. The number of aliphatic hydroxyl groups excluding tert-OH is 1. The molecular weight excluding hydrogens is 264 g/mol. The molecule has 0 saturated heterocycles. The van der Waals surface area contributed by atoms with Crippen molar-refractivity contribution in [3.8, 4) is 0 Å². The first-order valence-electron chi connectivity index (χ1n) is 6.69. The van der Waals surface area contributed by atoms with Gasteiger partial charge in [0.25, 0.3) is 0 Å². The number of aliphatic hydroxyl groups is 1. The van der Waals surface area contributed by atoms with Crippen LogP contribution in [-0.4, -0.2) is 34.5 Å². The van der Waals surface area contributed by atoms with E-state index in [2.05, 4.69) is 17.2 Å². The zero-order valence-electron chi connectivity index (χ0n) is 10.9. The number of hydrogen-bond donors (Lipinski definition) is 2. The number of thiazole rings is 1. The van der Waals surface area contributed by atoms with Crippen molar-refractivity contribution in [1.29, 1.82) is 0 Å². The maximum atomic E-state index is 9.72. The summed E-state index contributed by atoms with van der Waals surface area (Å²) in [7, 11) is 0. The molecule has 0 aromatic carbocycles. The Labute approximate surface area is 117 Å². The molecule has 0 amide bonds. The fourth-order valence-electron chi connectivity index (χ4n) is 2.98. The van der Waals surface area contributed by atoms with Gasteiger partial charge in [-0.25, -0.2) is 4.98 Å². The van der Waals surface area contributed by atoms with Gasteiger partial charge >= 0.3 is 0 Å².